The number of rotatable bonds is 2. The molecule has 0 aliphatic rings. The summed E-state index contributed by atoms with van der Waals surface area (Å²) in [5.74, 6) is -0.208. The predicted molar refractivity (Wildman–Crippen MR) is 65.2 cm³/mol. The van der Waals surface area contributed by atoms with Gasteiger partial charge in [-0.25, -0.2) is 0 Å². The Morgan fingerprint density at radius 1 is 1.07 bits per heavy atom. The lowest BCUT2D eigenvalue weighted by Crippen LogP contribution is -2.13. The Labute approximate surface area is 100 Å². The van der Waals surface area contributed by atoms with Crippen molar-refractivity contribution in [3.05, 3.63) is 33.9 Å². The first-order valence-corrected chi connectivity index (χ1v) is 5.63. The van der Waals surface area contributed by atoms with Gasteiger partial charge in [-0.05, 0) is 49.9 Å². The summed E-state index contributed by atoms with van der Waals surface area (Å²) < 4.78 is 0. The van der Waals surface area contributed by atoms with E-state index in [-0.39, 0.29) is 5.78 Å². The van der Waals surface area contributed by atoms with Crippen LogP contribution in [0.15, 0.2) is 6.07 Å². The van der Waals surface area contributed by atoms with Crippen LogP contribution in [0.1, 0.15) is 32.6 Å². The predicted octanol–water partition coefficient (Wildman–Crippen LogP) is 3.91. The molecule has 15 heavy (non-hydrogen) atoms. The molecule has 0 aliphatic carbocycles. The maximum atomic E-state index is 11.8. The van der Waals surface area contributed by atoms with Crippen LogP contribution in [0, 0.1) is 27.7 Å². The van der Waals surface area contributed by atoms with Crippen LogP contribution in [0.5, 0.6) is 0 Å². The highest BCUT2D eigenvalue weighted by molar-refractivity contribution is 6.55. The van der Waals surface area contributed by atoms with Gasteiger partial charge in [0, 0.05) is 5.56 Å². The Morgan fingerprint density at radius 2 is 1.47 bits per heavy atom. The quantitative estimate of drug-likeness (QED) is 0.570. The van der Waals surface area contributed by atoms with Gasteiger partial charge in [-0.3, -0.25) is 4.79 Å². The molecule has 1 rings (SSSR count). The fraction of sp³-hybridized carbons (Fsp3) is 0.417. The van der Waals surface area contributed by atoms with Gasteiger partial charge in [-0.1, -0.05) is 29.3 Å². The van der Waals surface area contributed by atoms with Gasteiger partial charge in [-0.15, -0.1) is 0 Å². The fourth-order valence-corrected chi connectivity index (χ4v) is 1.91. The third kappa shape index (κ3) is 2.35. The molecule has 82 valence electrons. The molecule has 1 nitrogen and oxygen atoms in total. The van der Waals surface area contributed by atoms with E-state index in [4.69, 9.17) is 23.2 Å². The van der Waals surface area contributed by atoms with E-state index in [1.807, 2.05) is 27.7 Å². The van der Waals surface area contributed by atoms with Crippen molar-refractivity contribution < 1.29 is 4.79 Å². The molecule has 1 aromatic rings. The highest BCUT2D eigenvalue weighted by atomic mass is 35.5. The summed E-state index contributed by atoms with van der Waals surface area (Å²) in [5, 5.41) is 0. The Morgan fingerprint density at radius 3 is 1.80 bits per heavy atom. The normalized spacial score (nSPS) is 10.9. The molecule has 0 atom stereocenters. The van der Waals surface area contributed by atoms with Crippen LogP contribution in [0.3, 0.4) is 0 Å². The van der Waals surface area contributed by atoms with E-state index >= 15 is 0 Å². The van der Waals surface area contributed by atoms with Crippen molar-refractivity contribution >= 4 is 29.0 Å². The largest absolute Gasteiger partial charge is 0.291 e. The highest BCUT2D eigenvalue weighted by Gasteiger charge is 2.20. The maximum Gasteiger partial charge on any atom is 0.196 e. The van der Waals surface area contributed by atoms with E-state index in [9.17, 15) is 4.79 Å². The van der Waals surface area contributed by atoms with E-state index in [0.29, 0.717) is 5.56 Å². The third-order valence-electron chi connectivity index (χ3n) is 2.81. The number of Topliss-reactive ketones (excluding diaryl/α,β-unsaturated/α-hetero) is 1. The van der Waals surface area contributed by atoms with Crippen LogP contribution in [0.25, 0.3) is 0 Å². The van der Waals surface area contributed by atoms with Crippen LogP contribution < -0.4 is 0 Å². The monoisotopic (exact) mass is 244 g/mol. The van der Waals surface area contributed by atoms with E-state index in [1.54, 1.807) is 0 Å². The molecule has 0 heterocycles. The minimum Gasteiger partial charge on any atom is -0.291 e. The summed E-state index contributed by atoms with van der Waals surface area (Å²) in [5.41, 5.74) is 4.79. The fourth-order valence-electron chi connectivity index (χ4n) is 1.70. The van der Waals surface area contributed by atoms with Gasteiger partial charge < -0.3 is 0 Å². The van der Waals surface area contributed by atoms with Crippen molar-refractivity contribution in [3.63, 3.8) is 0 Å². The Bertz CT molecular complexity index is 382. The summed E-state index contributed by atoms with van der Waals surface area (Å²) in [6, 6.07) is 2.07. The number of ketones is 1. The average Bonchev–Trinajstić information content (AvgIpc) is 2.15. The lowest BCUT2D eigenvalue weighted by Gasteiger charge is -2.14. The third-order valence-corrected chi connectivity index (χ3v) is 3.21. The zero-order chi connectivity index (χ0) is 11.7. The Balaban J connectivity index is 3.46. The molecule has 0 saturated carbocycles. The number of hydrogen-bond donors (Lipinski definition) is 0. The average molecular weight is 245 g/mol. The summed E-state index contributed by atoms with van der Waals surface area (Å²) in [7, 11) is 0. The maximum absolute atomic E-state index is 11.8. The smallest absolute Gasteiger partial charge is 0.196 e. The van der Waals surface area contributed by atoms with Gasteiger partial charge in [0.2, 0.25) is 0 Å². The molecule has 1 aromatic carbocycles. The van der Waals surface area contributed by atoms with Gasteiger partial charge >= 0.3 is 0 Å². The molecule has 0 amide bonds. The molecule has 0 fully saturated rings. The van der Waals surface area contributed by atoms with Crippen molar-refractivity contribution in [2.45, 2.75) is 32.5 Å². The molecule has 0 saturated heterocycles. The zero-order valence-electron chi connectivity index (χ0n) is 9.32. The van der Waals surface area contributed by atoms with E-state index in [2.05, 4.69) is 6.07 Å². The molecule has 0 aromatic heterocycles. The number of aryl methyl sites for hydroxylation is 2. The lowest BCUT2D eigenvalue weighted by atomic mass is 9.92. The van der Waals surface area contributed by atoms with E-state index in [0.717, 1.165) is 22.3 Å². The topological polar surface area (TPSA) is 17.1 Å². The number of hydrogen-bond acceptors (Lipinski definition) is 1. The zero-order valence-corrected chi connectivity index (χ0v) is 10.8. The van der Waals surface area contributed by atoms with Crippen molar-refractivity contribution in [2.75, 3.05) is 0 Å². The molecule has 0 N–H and O–H groups in total. The van der Waals surface area contributed by atoms with Gasteiger partial charge in [0.25, 0.3) is 0 Å². The van der Waals surface area contributed by atoms with Crippen molar-refractivity contribution in [3.8, 4) is 0 Å². The molecular formula is C12H14Cl2O. The van der Waals surface area contributed by atoms with Crippen LogP contribution in [0.4, 0.5) is 0 Å². The number of alkyl halides is 2. The van der Waals surface area contributed by atoms with E-state index < -0.39 is 4.84 Å². The summed E-state index contributed by atoms with van der Waals surface area (Å²) in [6.07, 6.45) is 0. The lowest BCUT2D eigenvalue weighted by molar-refractivity contribution is 0.101. The molecule has 0 aliphatic heterocycles. The minimum atomic E-state index is -0.983. The summed E-state index contributed by atoms with van der Waals surface area (Å²) in [6.45, 7) is 7.81. The first-order valence-electron chi connectivity index (χ1n) is 4.76. The van der Waals surface area contributed by atoms with Crippen molar-refractivity contribution in [2.24, 2.45) is 0 Å². The van der Waals surface area contributed by atoms with Crippen molar-refractivity contribution in [1.82, 2.24) is 0 Å². The number of carbonyl (C=O) groups excluding carboxylic acids is 1. The van der Waals surface area contributed by atoms with Crippen molar-refractivity contribution in [1.29, 1.82) is 0 Å². The number of carbonyl (C=O) groups is 1. The van der Waals surface area contributed by atoms with Crippen LogP contribution in [0.2, 0.25) is 0 Å². The molecule has 0 unspecified atom stereocenters. The standard InChI is InChI=1S/C12H14Cl2O/c1-6-5-7(2)9(4)10(8(6)3)11(15)12(13)14/h5,12H,1-4H3. The first-order chi connectivity index (χ1) is 6.86. The first kappa shape index (κ1) is 12.5. The van der Waals surface area contributed by atoms with E-state index in [1.165, 1.54) is 0 Å². The number of halogens is 2. The molecule has 0 radical (unpaired) electrons. The second-order valence-corrected chi connectivity index (χ2v) is 4.90. The molecule has 0 spiro atoms. The second-order valence-electron chi connectivity index (χ2n) is 3.80. The summed E-state index contributed by atoms with van der Waals surface area (Å²) >= 11 is 11.3. The Kier molecular flexibility index (Phi) is 3.80. The molecule has 3 heteroatoms. The number of benzene rings is 1. The minimum absolute atomic E-state index is 0.208. The summed E-state index contributed by atoms with van der Waals surface area (Å²) in [4.78, 5) is 10.8. The van der Waals surface area contributed by atoms with Gasteiger partial charge in [0.1, 0.15) is 0 Å². The van der Waals surface area contributed by atoms with Crippen LogP contribution >= 0.6 is 23.2 Å². The van der Waals surface area contributed by atoms with Crippen LogP contribution in [-0.2, 0) is 0 Å². The van der Waals surface area contributed by atoms with Gasteiger partial charge in [0.15, 0.2) is 10.6 Å². The molecular weight excluding hydrogens is 231 g/mol. The SMILES string of the molecule is Cc1cc(C)c(C)c(C(=O)C(Cl)Cl)c1C. The Hall–Kier alpha value is -0.530. The van der Waals surface area contributed by atoms with Crippen LogP contribution in [-0.4, -0.2) is 10.6 Å². The van der Waals surface area contributed by atoms with Gasteiger partial charge in [-0.2, -0.15) is 0 Å². The van der Waals surface area contributed by atoms with Gasteiger partial charge in [0.05, 0.1) is 0 Å². The molecule has 0 bridgehead atoms. The highest BCUT2D eigenvalue weighted by Crippen LogP contribution is 2.24. The second kappa shape index (κ2) is 4.54.